The Bertz CT molecular complexity index is 831. The molecular formula is C27H44N2O4. The molecule has 2 aromatic rings. The second-order valence-electron chi connectivity index (χ2n) is 8.62. The molecule has 0 amide bonds. The zero-order chi connectivity index (χ0) is 25.1. The van der Waals surface area contributed by atoms with Gasteiger partial charge in [0.05, 0.1) is 25.4 Å². The van der Waals surface area contributed by atoms with Crippen LogP contribution in [0.3, 0.4) is 0 Å². The normalized spacial score (nSPS) is 16.4. The number of nitrogens with one attached hydrogen (secondary N) is 1. The molecule has 0 radical (unpaired) electrons. The number of nitrogens with two attached hydrogens (primary N) is 1. The van der Waals surface area contributed by atoms with Crippen LogP contribution in [0.25, 0.3) is 0 Å². The molecule has 0 fully saturated rings. The molecule has 0 aromatic heterocycles. The molecule has 0 aliphatic heterocycles. The first kappa shape index (κ1) is 28.9. The van der Waals surface area contributed by atoms with Gasteiger partial charge in [-0.3, -0.25) is 0 Å². The van der Waals surface area contributed by atoms with Crippen molar-refractivity contribution in [2.45, 2.75) is 51.7 Å². The monoisotopic (exact) mass is 460 g/mol. The fourth-order valence-electron chi connectivity index (χ4n) is 4.13. The van der Waals surface area contributed by atoms with E-state index in [0.717, 1.165) is 29.2 Å². The van der Waals surface area contributed by atoms with Crippen LogP contribution in [0.2, 0.25) is 0 Å². The lowest BCUT2D eigenvalue weighted by Crippen LogP contribution is -2.38. The topological polar surface area (TPSA) is 97.0 Å². The van der Waals surface area contributed by atoms with E-state index >= 15 is 0 Å². The number of methoxy groups -OCH3 is 2. The molecule has 0 aliphatic carbocycles. The van der Waals surface area contributed by atoms with E-state index in [1.807, 2.05) is 76.3 Å². The van der Waals surface area contributed by atoms with Crippen molar-refractivity contribution >= 4 is 0 Å². The summed E-state index contributed by atoms with van der Waals surface area (Å²) in [6.45, 7) is 9.23. The van der Waals surface area contributed by atoms with Crippen LogP contribution in [0.15, 0.2) is 48.5 Å². The molecule has 0 saturated heterocycles. The van der Waals surface area contributed by atoms with Gasteiger partial charge in [-0.2, -0.15) is 0 Å². The van der Waals surface area contributed by atoms with E-state index in [2.05, 4.69) is 12.2 Å². The maximum atomic E-state index is 10.8. The molecular weight excluding hydrogens is 416 g/mol. The predicted octanol–water partition coefficient (Wildman–Crippen LogP) is 4.04. The molecule has 2 aromatic carbocycles. The first-order chi connectivity index (χ1) is 15.7. The molecule has 186 valence electrons. The summed E-state index contributed by atoms with van der Waals surface area (Å²) in [4.78, 5) is 0. The van der Waals surface area contributed by atoms with E-state index < -0.39 is 11.2 Å². The molecule has 0 saturated carbocycles. The SMILES string of the molecule is CCC(O)(c1cccc(OC)c1)C(C)CN.CCC(O)(c1cccc(OC)c1)C(C)CNC. The van der Waals surface area contributed by atoms with Crippen molar-refractivity contribution in [3.05, 3.63) is 59.7 Å². The molecule has 5 N–H and O–H groups in total. The van der Waals surface area contributed by atoms with E-state index in [-0.39, 0.29) is 11.8 Å². The number of hydrogen-bond donors (Lipinski definition) is 4. The van der Waals surface area contributed by atoms with Gasteiger partial charge in [0.15, 0.2) is 0 Å². The van der Waals surface area contributed by atoms with Gasteiger partial charge in [-0.1, -0.05) is 52.0 Å². The molecule has 33 heavy (non-hydrogen) atoms. The van der Waals surface area contributed by atoms with Gasteiger partial charge < -0.3 is 30.7 Å². The van der Waals surface area contributed by atoms with Crippen molar-refractivity contribution < 1.29 is 19.7 Å². The minimum absolute atomic E-state index is 0.0182. The third-order valence-corrected chi connectivity index (χ3v) is 6.71. The van der Waals surface area contributed by atoms with Crippen molar-refractivity contribution in [3.63, 3.8) is 0 Å². The summed E-state index contributed by atoms with van der Waals surface area (Å²) in [6.07, 6.45) is 1.32. The highest BCUT2D eigenvalue weighted by molar-refractivity contribution is 5.33. The Morgan fingerprint density at radius 2 is 1.27 bits per heavy atom. The maximum Gasteiger partial charge on any atom is 0.119 e. The summed E-state index contributed by atoms with van der Waals surface area (Å²) in [5, 5.41) is 24.6. The first-order valence-corrected chi connectivity index (χ1v) is 11.7. The summed E-state index contributed by atoms with van der Waals surface area (Å²) < 4.78 is 10.4. The number of ether oxygens (including phenoxy) is 2. The molecule has 0 heterocycles. The highest BCUT2D eigenvalue weighted by atomic mass is 16.5. The van der Waals surface area contributed by atoms with Crippen LogP contribution < -0.4 is 20.5 Å². The van der Waals surface area contributed by atoms with E-state index in [1.54, 1.807) is 14.2 Å². The second-order valence-corrected chi connectivity index (χ2v) is 8.62. The third-order valence-electron chi connectivity index (χ3n) is 6.71. The number of hydrogen-bond acceptors (Lipinski definition) is 6. The van der Waals surface area contributed by atoms with Gasteiger partial charge in [0, 0.05) is 18.4 Å². The summed E-state index contributed by atoms with van der Waals surface area (Å²) >= 11 is 0. The second kappa shape index (κ2) is 13.6. The Morgan fingerprint density at radius 3 is 1.61 bits per heavy atom. The molecule has 0 bridgehead atoms. The van der Waals surface area contributed by atoms with Gasteiger partial charge in [-0.25, -0.2) is 0 Å². The number of rotatable bonds is 11. The lowest BCUT2D eigenvalue weighted by molar-refractivity contribution is -0.0201. The quantitative estimate of drug-likeness (QED) is 0.404. The molecule has 6 heteroatoms. The summed E-state index contributed by atoms with van der Waals surface area (Å²) in [5.41, 5.74) is 5.76. The minimum atomic E-state index is -0.872. The highest BCUT2D eigenvalue weighted by Crippen LogP contribution is 2.35. The smallest absolute Gasteiger partial charge is 0.119 e. The fourth-order valence-corrected chi connectivity index (χ4v) is 4.13. The number of aliphatic hydroxyl groups is 2. The summed E-state index contributed by atoms with van der Waals surface area (Å²) in [7, 11) is 5.16. The van der Waals surface area contributed by atoms with Crippen molar-refractivity contribution in [2.24, 2.45) is 17.6 Å². The van der Waals surface area contributed by atoms with Crippen molar-refractivity contribution in [1.82, 2.24) is 5.32 Å². The molecule has 2 rings (SSSR count). The predicted molar refractivity (Wildman–Crippen MR) is 136 cm³/mol. The van der Waals surface area contributed by atoms with Crippen molar-refractivity contribution in [1.29, 1.82) is 0 Å². The molecule has 0 spiro atoms. The molecule has 4 unspecified atom stereocenters. The number of benzene rings is 2. The lowest BCUT2D eigenvalue weighted by Gasteiger charge is -2.34. The average molecular weight is 461 g/mol. The van der Waals surface area contributed by atoms with Crippen LogP contribution in [-0.2, 0) is 11.2 Å². The van der Waals surface area contributed by atoms with Crippen LogP contribution in [0.1, 0.15) is 51.7 Å². The van der Waals surface area contributed by atoms with Gasteiger partial charge in [0.2, 0.25) is 0 Å². The van der Waals surface area contributed by atoms with Crippen LogP contribution in [0.4, 0.5) is 0 Å². The zero-order valence-corrected chi connectivity index (χ0v) is 21.4. The van der Waals surface area contributed by atoms with Gasteiger partial charge in [0.1, 0.15) is 11.5 Å². The lowest BCUT2D eigenvalue weighted by atomic mass is 9.80. The van der Waals surface area contributed by atoms with Crippen LogP contribution >= 0.6 is 0 Å². The Balaban J connectivity index is 0.000000331. The fraction of sp³-hybridized carbons (Fsp3) is 0.556. The van der Waals surface area contributed by atoms with Crippen LogP contribution in [0, 0.1) is 11.8 Å². The minimum Gasteiger partial charge on any atom is -0.497 e. The maximum absolute atomic E-state index is 10.8. The Morgan fingerprint density at radius 1 is 0.848 bits per heavy atom. The highest BCUT2D eigenvalue weighted by Gasteiger charge is 2.34. The third kappa shape index (κ3) is 7.18. The summed E-state index contributed by atoms with van der Waals surface area (Å²) in [5.74, 6) is 1.70. The standard InChI is InChI=1S/C14H23NO2.C13H21NO2/c1-5-14(16,11(2)10-15-3)12-7-6-8-13(9-12)17-4;1-4-13(15,10(2)9-14)11-6-5-7-12(8-11)16-3/h6-9,11,15-16H,5,10H2,1-4H3;5-8,10,15H,4,9,14H2,1-3H3. The van der Waals surface area contributed by atoms with E-state index in [9.17, 15) is 10.2 Å². The van der Waals surface area contributed by atoms with E-state index in [1.165, 1.54) is 0 Å². The van der Waals surface area contributed by atoms with E-state index in [4.69, 9.17) is 15.2 Å². The van der Waals surface area contributed by atoms with Gasteiger partial charge in [-0.05, 0) is 61.8 Å². The first-order valence-electron chi connectivity index (χ1n) is 11.7. The molecule has 4 atom stereocenters. The largest absolute Gasteiger partial charge is 0.497 e. The Hall–Kier alpha value is -2.12. The summed E-state index contributed by atoms with van der Waals surface area (Å²) in [6, 6.07) is 15.2. The Labute approximate surface area is 200 Å². The zero-order valence-electron chi connectivity index (χ0n) is 21.4. The van der Waals surface area contributed by atoms with Gasteiger partial charge >= 0.3 is 0 Å². The van der Waals surface area contributed by atoms with Gasteiger partial charge in [-0.15, -0.1) is 0 Å². The van der Waals surface area contributed by atoms with Gasteiger partial charge in [0.25, 0.3) is 0 Å². The molecule has 6 nitrogen and oxygen atoms in total. The molecule has 0 aliphatic rings. The Kier molecular flexibility index (Phi) is 11.9. The van der Waals surface area contributed by atoms with Crippen LogP contribution in [-0.4, -0.2) is 44.6 Å². The van der Waals surface area contributed by atoms with E-state index in [0.29, 0.717) is 19.4 Å². The van der Waals surface area contributed by atoms with Crippen LogP contribution in [0.5, 0.6) is 11.5 Å². The average Bonchev–Trinajstić information content (AvgIpc) is 2.87. The van der Waals surface area contributed by atoms with Crippen molar-refractivity contribution in [3.8, 4) is 11.5 Å². The van der Waals surface area contributed by atoms with Crippen molar-refractivity contribution in [2.75, 3.05) is 34.4 Å².